The first kappa shape index (κ1) is 11.9. The van der Waals surface area contributed by atoms with Gasteiger partial charge in [0.25, 0.3) is 5.91 Å². The maximum Gasteiger partial charge on any atom is 0.258 e. The lowest BCUT2D eigenvalue weighted by Gasteiger charge is -2.04. The zero-order valence-electron chi connectivity index (χ0n) is 10.5. The Morgan fingerprint density at radius 1 is 1.42 bits per heavy atom. The van der Waals surface area contributed by atoms with Gasteiger partial charge in [-0.15, -0.1) is 11.3 Å². The molecule has 0 unspecified atom stereocenters. The number of carbonyl (C=O) groups is 1. The third-order valence-corrected chi connectivity index (χ3v) is 3.97. The molecule has 3 rings (SSSR count). The number of nitrogens with zero attached hydrogens (tertiary/aromatic N) is 2. The van der Waals surface area contributed by atoms with Crippen molar-refractivity contribution < 1.29 is 4.79 Å². The zero-order valence-corrected chi connectivity index (χ0v) is 11.3. The summed E-state index contributed by atoms with van der Waals surface area (Å²) in [7, 11) is 0. The summed E-state index contributed by atoms with van der Waals surface area (Å²) < 4.78 is 2.08. The van der Waals surface area contributed by atoms with Crippen molar-refractivity contribution in [3.8, 4) is 5.69 Å². The molecule has 0 aliphatic carbocycles. The van der Waals surface area contributed by atoms with Gasteiger partial charge in [0, 0.05) is 11.8 Å². The molecule has 2 aromatic heterocycles. The first-order valence-corrected chi connectivity index (χ1v) is 6.93. The molecule has 0 saturated heterocycles. The number of hydrogen-bond donors (Lipinski definition) is 1. The van der Waals surface area contributed by atoms with Crippen LogP contribution in [0.4, 0.5) is 0 Å². The van der Waals surface area contributed by atoms with Gasteiger partial charge in [-0.1, -0.05) is 19.1 Å². The first-order valence-electron chi connectivity index (χ1n) is 6.05. The molecule has 0 saturated carbocycles. The van der Waals surface area contributed by atoms with E-state index in [9.17, 15) is 4.79 Å². The highest BCUT2D eigenvalue weighted by Gasteiger charge is 2.13. The number of imidazole rings is 1. The van der Waals surface area contributed by atoms with Gasteiger partial charge < -0.3 is 5.73 Å². The zero-order chi connectivity index (χ0) is 13.4. The van der Waals surface area contributed by atoms with Crippen LogP contribution in [-0.4, -0.2) is 15.5 Å². The second-order valence-electron chi connectivity index (χ2n) is 4.24. The van der Waals surface area contributed by atoms with Gasteiger partial charge in [0.1, 0.15) is 5.82 Å². The number of amides is 1. The Morgan fingerprint density at radius 3 is 2.89 bits per heavy atom. The fraction of sp³-hybridized carbons (Fsp3) is 0.143. The maximum absolute atomic E-state index is 11.2. The van der Waals surface area contributed by atoms with E-state index in [4.69, 9.17) is 5.73 Å². The Kier molecular flexibility index (Phi) is 2.83. The van der Waals surface area contributed by atoms with Gasteiger partial charge in [0.15, 0.2) is 0 Å². The highest BCUT2D eigenvalue weighted by Crippen LogP contribution is 2.25. The number of carbonyl (C=O) groups excluding carboxylic acids is 1. The minimum atomic E-state index is -0.390. The fourth-order valence-electron chi connectivity index (χ4n) is 2.17. The van der Waals surface area contributed by atoms with E-state index in [2.05, 4.69) is 16.5 Å². The van der Waals surface area contributed by atoms with Crippen LogP contribution in [0.15, 0.2) is 35.7 Å². The van der Waals surface area contributed by atoms with Gasteiger partial charge in [-0.05, 0) is 18.2 Å². The van der Waals surface area contributed by atoms with Crippen LogP contribution in [0.1, 0.15) is 22.4 Å². The number of rotatable bonds is 3. The van der Waals surface area contributed by atoms with Crippen LogP contribution in [0.2, 0.25) is 0 Å². The minimum absolute atomic E-state index is 0.390. The molecule has 2 heterocycles. The van der Waals surface area contributed by atoms with Crippen molar-refractivity contribution in [1.29, 1.82) is 0 Å². The summed E-state index contributed by atoms with van der Waals surface area (Å²) >= 11 is 1.36. The van der Waals surface area contributed by atoms with E-state index in [-0.39, 0.29) is 0 Å². The Hall–Kier alpha value is -2.14. The van der Waals surface area contributed by atoms with Gasteiger partial charge in [0.05, 0.1) is 21.6 Å². The predicted octanol–water partition coefficient (Wildman–Crippen LogP) is 2.75. The molecule has 0 radical (unpaired) electrons. The standard InChI is InChI=1S/C14H13N3OS/c1-2-13-16-10-5-3-4-6-11(10)17(13)9-7-12(14(15)18)19-8-9/h3-8H,2H2,1H3,(H2,15,18). The Labute approximate surface area is 114 Å². The number of nitrogens with two attached hydrogens (primary N) is 1. The van der Waals surface area contributed by atoms with Gasteiger partial charge in [-0.3, -0.25) is 9.36 Å². The highest BCUT2D eigenvalue weighted by molar-refractivity contribution is 7.12. The van der Waals surface area contributed by atoms with E-state index in [1.165, 1.54) is 11.3 Å². The molecule has 0 spiro atoms. The number of aryl methyl sites for hydroxylation is 1. The van der Waals surface area contributed by atoms with E-state index < -0.39 is 5.91 Å². The molecule has 1 amide bonds. The van der Waals surface area contributed by atoms with Crippen molar-refractivity contribution in [1.82, 2.24) is 9.55 Å². The van der Waals surface area contributed by atoms with Crippen LogP contribution in [0, 0.1) is 0 Å². The number of thiophene rings is 1. The van der Waals surface area contributed by atoms with Gasteiger partial charge in [0.2, 0.25) is 0 Å². The van der Waals surface area contributed by atoms with E-state index in [0.717, 1.165) is 29.0 Å². The molecule has 19 heavy (non-hydrogen) atoms. The van der Waals surface area contributed by atoms with Crippen LogP contribution in [0.25, 0.3) is 16.7 Å². The van der Waals surface area contributed by atoms with Crippen molar-refractivity contribution in [3.05, 3.63) is 46.4 Å². The molecule has 2 N–H and O–H groups in total. The van der Waals surface area contributed by atoms with Gasteiger partial charge >= 0.3 is 0 Å². The lowest BCUT2D eigenvalue weighted by molar-refractivity contribution is 0.100. The Morgan fingerprint density at radius 2 is 2.21 bits per heavy atom. The average Bonchev–Trinajstić information content (AvgIpc) is 3.01. The highest BCUT2D eigenvalue weighted by atomic mass is 32.1. The lowest BCUT2D eigenvalue weighted by Crippen LogP contribution is -2.08. The molecule has 0 aliphatic heterocycles. The Bertz CT molecular complexity index is 757. The first-order chi connectivity index (χ1) is 9.20. The van der Waals surface area contributed by atoms with Crippen LogP contribution >= 0.6 is 11.3 Å². The third kappa shape index (κ3) is 1.92. The summed E-state index contributed by atoms with van der Waals surface area (Å²) in [6.45, 7) is 2.07. The summed E-state index contributed by atoms with van der Waals surface area (Å²) in [6, 6.07) is 9.80. The van der Waals surface area contributed by atoms with Crippen molar-refractivity contribution in [3.63, 3.8) is 0 Å². The van der Waals surface area contributed by atoms with Crippen molar-refractivity contribution in [2.75, 3.05) is 0 Å². The molecule has 0 fully saturated rings. The third-order valence-electron chi connectivity index (χ3n) is 3.03. The maximum atomic E-state index is 11.2. The number of primary amides is 1. The normalized spacial score (nSPS) is 11.0. The van der Waals surface area contributed by atoms with Crippen LogP contribution in [-0.2, 0) is 6.42 Å². The molecular weight excluding hydrogens is 258 g/mol. The van der Waals surface area contributed by atoms with Gasteiger partial charge in [-0.2, -0.15) is 0 Å². The molecule has 96 valence electrons. The van der Waals surface area contributed by atoms with Crippen molar-refractivity contribution >= 4 is 28.3 Å². The quantitative estimate of drug-likeness (QED) is 0.796. The largest absolute Gasteiger partial charge is 0.365 e. The molecular formula is C14H13N3OS. The summed E-state index contributed by atoms with van der Waals surface area (Å²) in [4.78, 5) is 16.4. The fourth-order valence-corrected chi connectivity index (χ4v) is 2.90. The van der Waals surface area contributed by atoms with Crippen LogP contribution in [0.3, 0.4) is 0 Å². The van der Waals surface area contributed by atoms with Crippen LogP contribution < -0.4 is 5.73 Å². The average molecular weight is 271 g/mol. The molecule has 5 heteroatoms. The van der Waals surface area contributed by atoms with Crippen LogP contribution in [0.5, 0.6) is 0 Å². The topological polar surface area (TPSA) is 60.9 Å². The summed E-state index contributed by atoms with van der Waals surface area (Å²) in [5, 5.41) is 1.94. The van der Waals surface area contributed by atoms with Crippen molar-refractivity contribution in [2.45, 2.75) is 13.3 Å². The molecule has 0 atom stereocenters. The molecule has 0 aliphatic rings. The summed E-state index contributed by atoms with van der Waals surface area (Å²) in [5.74, 6) is 0.591. The molecule has 3 aromatic rings. The number of aromatic nitrogens is 2. The van der Waals surface area contributed by atoms with E-state index in [1.54, 1.807) is 0 Å². The molecule has 1 aromatic carbocycles. The second kappa shape index (κ2) is 4.51. The van der Waals surface area contributed by atoms with E-state index in [0.29, 0.717) is 4.88 Å². The van der Waals surface area contributed by atoms with E-state index >= 15 is 0 Å². The summed E-state index contributed by atoms with van der Waals surface area (Å²) in [6.07, 6.45) is 0.830. The minimum Gasteiger partial charge on any atom is -0.365 e. The SMILES string of the molecule is CCc1nc2ccccc2n1-c1csc(C(N)=O)c1. The lowest BCUT2D eigenvalue weighted by atomic mass is 10.3. The van der Waals surface area contributed by atoms with Gasteiger partial charge in [-0.25, -0.2) is 4.98 Å². The molecule has 0 bridgehead atoms. The molecule has 4 nitrogen and oxygen atoms in total. The predicted molar refractivity (Wildman–Crippen MR) is 76.8 cm³/mol. The number of fused-ring (bicyclic) bond motifs is 1. The second-order valence-corrected chi connectivity index (χ2v) is 5.15. The summed E-state index contributed by atoms with van der Waals surface area (Å²) in [5.41, 5.74) is 8.27. The number of benzene rings is 1. The number of para-hydroxylation sites is 2. The smallest absolute Gasteiger partial charge is 0.258 e. The monoisotopic (exact) mass is 271 g/mol. The van der Waals surface area contributed by atoms with E-state index in [1.807, 2.05) is 35.7 Å². The number of hydrogen-bond acceptors (Lipinski definition) is 3. The van der Waals surface area contributed by atoms with Crippen molar-refractivity contribution in [2.24, 2.45) is 5.73 Å². The Balaban J connectivity index is 2.24.